The molecule has 1 amide bonds. The molecule has 0 aliphatic heterocycles. The fourth-order valence-electron chi connectivity index (χ4n) is 2.44. The number of carbonyl (C=O) groups excluding carboxylic acids is 1. The third-order valence-electron chi connectivity index (χ3n) is 3.39. The monoisotopic (exact) mass is 264 g/mol. The molecule has 19 heavy (non-hydrogen) atoms. The van der Waals surface area contributed by atoms with E-state index in [0.717, 1.165) is 6.42 Å². The van der Waals surface area contributed by atoms with Crippen LogP contribution >= 0.6 is 0 Å². The van der Waals surface area contributed by atoms with Gasteiger partial charge in [-0.05, 0) is 25.0 Å². The Morgan fingerprint density at radius 1 is 1.42 bits per heavy atom. The Balaban J connectivity index is 2.10. The van der Waals surface area contributed by atoms with Gasteiger partial charge in [-0.15, -0.1) is 0 Å². The fourth-order valence-corrected chi connectivity index (χ4v) is 2.44. The molecule has 0 bridgehead atoms. The van der Waals surface area contributed by atoms with Gasteiger partial charge in [0.25, 0.3) is 0 Å². The molecule has 2 N–H and O–H groups in total. The second-order valence-electron chi connectivity index (χ2n) is 4.53. The minimum Gasteiger partial charge on any atom is -0.481 e. The van der Waals surface area contributed by atoms with Crippen molar-refractivity contribution in [2.75, 3.05) is 12.4 Å². The number of aliphatic carboxylic acids is 1. The van der Waals surface area contributed by atoms with Crippen molar-refractivity contribution < 1.29 is 19.4 Å². The summed E-state index contributed by atoms with van der Waals surface area (Å²) in [6, 6.07) is 3.36. The molecule has 1 fully saturated rings. The smallest absolute Gasteiger partial charge is 0.307 e. The zero-order valence-electron chi connectivity index (χ0n) is 10.6. The number of hydrogen-bond acceptors (Lipinski definition) is 4. The molecule has 0 radical (unpaired) electrons. The van der Waals surface area contributed by atoms with Gasteiger partial charge in [0, 0.05) is 6.20 Å². The average molecular weight is 264 g/mol. The summed E-state index contributed by atoms with van der Waals surface area (Å²) >= 11 is 0. The number of nitrogens with one attached hydrogen (secondary N) is 1. The van der Waals surface area contributed by atoms with Crippen molar-refractivity contribution in [1.29, 1.82) is 0 Å². The summed E-state index contributed by atoms with van der Waals surface area (Å²) in [7, 11) is 1.47. The van der Waals surface area contributed by atoms with E-state index in [9.17, 15) is 9.59 Å². The van der Waals surface area contributed by atoms with Crippen LogP contribution in [0.15, 0.2) is 18.3 Å². The minimum absolute atomic E-state index is 0.281. The van der Waals surface area contributed by atoms with Gasteiger partial charge in [-0.3, -0.25) is 9.59 Å². The lowest BCUT2D eigenvalue weighted by Crippen LogP contribution is -2.30. The highest BCUT2D eigenvalue weighted by molar-refractivity contribution is 5.96. The van der Waals surface area contributed by atoms with Crippen LogP contribution in [0.4, 0.5) is 5.69 Å². The van der Waals surface area contributed by atoms with E-state index >= 15 is 0 Å². The number of ether oxygens (including phenoxy) is 1. The Morgan fingerprint density at radius 3 is 2.84 bits per heavy atom. The number of amides is 1. The Kier molecular flexibility index (Phi) is 3.99. The van der Waals surface area contributed by atoms with Crippen LogP contribution in [0.5, 0.6) is 5.88 Å². The standard InChI is InChI=1S/C13H16N2O4/c1-19-12-10(6-3-7-14-12)15-11(16)8-4-2-5-9(8)13(17)18/h3,6-9H,2,4-5H2,1H3,(H,15,16)(H,17,18)/t8-,9+/m1/s1. The third-order valence-corrected chi connectivity index (χ3v) is 3.39. The van der Waals surface area contributed by atoms with Crippen molar-refractivity contribution in [3.8, 4) is 5.88 Å². The Hall–Kier alpha value is -2.11. The number of hydrogen-bond donors (Lipinski definition) is 2. The summed E-state index contributed by atoms with van der Waals surface area (Å²) in [5.74, 6) is -1.95. The molecule has 0 saturated heterocycles. The third kappa shape index (κ3) is 2.83. The summed E-state index contributed by atoms with van der Waals surface area (Å²) < 4.78 is 5.04. The predicted octanol–water partition coefficient (Wildman–Crippen LogP) is 1.53. The zero-order chi connectivity index (χ0) is 13.8. The Morgan fingerprint density at radius 2 is 2.16 bits per heavy atom. The number of pyridine rings is 1. The van der Waals surface area contributed by atoms with E-state index in [4.69, 9.17) is 9.84 Å². The van der Waals surface area contributed by atoms with Gasteiger partial charge < -0.3 is 15.2 Å². The zero-order valence-corrected chi connectivity index (χ0v) is 10.6. The normalized spacial score (nSPS) is 21.9. The first-order valence-corrected chi connectivity index (χ1v) is 6.16. The minimum atomic E-state index is -0.907. The summed E-state index contributed by atoms with van der Waals surface area (Å²) in [4.78, 5) is 27.2. The Bertz CT molecular complexity index is 489. The molecule has 1 aromatic heterocycles. The van der Waals surface area contributed by atoms with E-state index in [1.807, 2.05) is 0 Å². The Labute approximate surface area is 110 Å². The maximum absolute atomic E-state index is 12.1. The van der Waals surface area contributed by atoms with Crippen LogP contribution in [-0.4, -0.2) is 29.1 Å². The lowest BCUT2D eigenvalue weighted by Gasteiger charge is -2.16. The lowest BCUT2D eigenvalue weighted by atomic mass is 9.95. The van der Waals surface area contributed by atoms with Crippen molar-refractivity contribution in [1.82, 2.24) is 4.98 Å². The van der Waals surface area contributed by atoms with Crippen LogP contribution in [0.3, 0.4) is 0 Å². The maximum atomic E-state index is 12.1. The summed E-state index contributed by atoms with van der Waals surface area (Å²) in [5.41, 5.74) is 0.464. The highest BCUT2D eigenvalue weighted by Crippen LogP contribution is 2.33. The van der Waals surface area contributed by atoms with Crippen molar-refractivity contribution in [2.45, 2.75) is 19.3 Å². The van der Waals surface area contributed by atoms with Gasteiger partial charge in [0.15, 0.2) is 0 Å². The summed E-state index contributed by atoms with van der Waals surface area (Å²) in [6.45, 7) is 0. The largest absolute Gasteiger partial charge is 0.481 e. The molecule has 0 spiro atoms. The lowest BCUT2D eigenvalue weighted by molar-refractivity contribution is -0.145. The van der Waals surface area contributed by atoms with Crippen LogP contribution in [0.25, 0.3) is 0 Å². The molecule has 0 unspecified atom stereocenters. The number of rotatable bonds is 4. The molecule has 1 aliphatic rings. The molecular formula is C13H16N2O4. The molecule has 1 saturated carbocycles. The van der Waals surface area contributed by atoms with Crippen molar-refractivity contribution in [3.05, 3.63) is 18.3 Å². The van der Waals surface area contributed by atoms with E-state index in [-0.39, 0.29) is 5.91 Å². The molecule has 102 valence electrons. The average Bonchev–Trinajstić information content (AvgIpc) is 2.88. The van der Waals surface area contributed by atoms with Crippen molar-refractivity contribution in [2.24, 2.45) is 11.8 Å². The van der Waals surface area contributed by atoms with Crippen molar-refractivity contribution in [3.63, 3.8) is 0 Å². The van der Waals surface area contributed by atoms with Crippen LogP contribution in [0.1, 0.15) is 19.3 Å². The van der Waals surface area contributed by atoms with Crippen molar-refractivity contribution >= 4 is 17.6 Å². The van der Waals surface area contributed by atoms with E-state index < -0.39 is 17.8 Å². The second kappa shape index (κ2) is 5.69. The van der Waals surface area contributed by atoms with Gasteiger partial charge in [0.05, 0.1) is 18.9 Å². The molecule has 2 rings (SSSR count). The first-order valence-electron chi connectivity index (χ1n) is 6.16. The number of aromatic nitrogens is 1. The maximum Gasteiger partial charge on any atom is 0.307 e. The van der Waals surface area contributed by atoms with E-state index in [2.05, 4.69) is 10.3 Å². The molecule has 2 atom stereocenters. The molecule has 6 nitrogen and oxygen atoms in total. The van der Waals surface area contributed by atoms with Gasteiger partial charge in [-0.1, -0.05) is 6.42 Å². The molecule has 0 aromatic carbocycles. The molecule has 6 heteroatoms. The fraction of sp³-hybridized carbons (Fsp3) is 0.462. The molecule has 1 heterocycles. The van der Waals surface area contributed by atoms with Crippen LogP contribution < -0.4 is 10.1 Å². The van der Waals surface area contributed by atoms with Gasteiger partial charge in [-0.2, -0.15) is 0 Å². The predicted molar refractivity (Wildman–Crippen MR) is 67.9 cm³/mol. The number of carboxylic acids is 1. The quantitative estimate of drug-likeness (QED) is 0.861. The molecular weight excluding hydrogens is 248 g/mol. The molecule has 1 aliphatic carbocycles. The van der Waals surface area contributed by atoms with E-state index in [0.29, 0.717) is 24.4 Å². The number of methoxy groups -OCH3 is 1. The first-order chi connectivity index (χ1) is 9.13. The second-order valence-corrected chi connectivity index (χ2v) is 4.53. The van der Waals surface area contributed by atoms with Crippen LogP contribution in [-0.2, 0) is 9.59 Å². The topological polar surface area (TPSA) is 88.5 Å². The van der Waals surface area contributed by atoms with Gasteiger partial charge in [0.1, 0.15) is 5.69 Å². The number of anilines is 1. The van der Waals surface area contributed by atoms with Gasteiger partial charge in [-0.25, -0.2) is 4.98 Å². The van der Waals surface area contributed by atoms with Gasteiger partial charge >= 0.3 is 5.97 Å². The first kappa shape index (κ1) is 13.3. The van der Waals surface area contributed by atoms with Gasteiger partial charge in [0.2, 0.25) is 11.8 Å². The van der Waals surface area contributed by atoms with E-state index in [1.165, 1.54) is 7.11 Å². The highest BCUT2D eigenvalue weighted by atomic mass is 16.5. The number of carboxylic acid groups (broad SMARTS) is 1. The van der Waals surface area contributed by atoms with Crippen LogP contribution in [0, 0.1) is 11.8 Å². The van der Waals surface area contributed by atoms with E-state index in [1.54, 1.807) is 18.3 Å². The number of carbonyl (C=O) groups is 2. The van der Waals surface area contributed by atoms with Crippen LogP contribution in [0.2, 0.25) is 0 Å². The SMILES string of the molecule is COc1ncccc1NC(=O)[C@@H]1CCC[C@@H]1C(=O)O. The summed E-state index contributed by atoms with van der Waals surface area (Å²) in [5, 5.41) is 11.8. The molecule has 1 aromatic rings. The summed E-state index contributed by atoms with van der Waals surface area (Å²) in [6.07, 6.45) is 3.48. The number of nitrogens with zero attached hydrogens (tertiary/aromatic N) is 1. The highest BCUT2D eigenvalue weighted by Gasteiger charge is 2.37.